The van der Waals surface area contributed by atoms with E-state index in [0.717, 1.165) is 11.1 Å². The Bertz CT molecular complexity index is 819. The first-order valence-corrected chi connectivity index (χ1v) is 11.0. The summed E-state index contributed by atoms with van der Waals surface area (Å²) in [4.78, 5) is 0.245. The molecule has 0 unspecified atom stereocenters. The molecule has 0 bridgehead atoms. The van der Waals surface area contributed by atoms with Crippen LogP contribution >= 0.6 is 0 Å². The second-order valence-electron chi connectivity index (χ2n) is 6.30. The second-order valence-corrected chi connectivity index (χ2v) is 10.2. The fourth-order valence-corrected chi connectivity index (χ4v) is 5.89. The van der Waals surface area contributed by atoms with E-state index < -0.39 is 32.0 Å². The van der Waals surface area contributed by atoms with Crippen molar-refractivity contribution in [2.24, 2.45) is 0 Å². The molecule has 1 heterocycles. The van der Waals surface area contributed by atoms with Gasteiger partial charge in [0.25, 0.3) is 0 Å². The number of sulfonamides is 1. The summed E-state index contributed by atoms with van der Waals surface area (Å²) in [5.41, 5.74) is 2.61. The maximum atomic E-state index is 12.4. The molecule has 24 heavy (non-hydrogen) atoms. The van der Waals surface area contributed by atoms with Crippen molar-refractivity contribution in [3.8, 4) is 0 Å². The molecule has 1 aromatic rings. The quantitative estimate of drug-likeness (QED) is 0.585. The van der Waals surface area contributed by atoms with Crippen LogP contribution in [0.4, 0.5) is 0 Å². The minimum Gasteiger partial charge on any atom is -0.390 e. The summed E-state index contributed by atoms with van der Waals surface area (Å²) in [6.07, 6.45) is -0.950. The fourth-order valence-electron chi connectivity index (χ4n) is 2.77. The highest BCUT2D eigenvalue weighted by Crippen LogP contribution is 2.19. The molecule has 0 spiro atoms. The van der Waals surface area contributed by atoms with E-state index in [2.05, 4.69) is 10.0 Å². The Morgan fingerprint density at radius 1 is 1.08 bits per heavy atom. The van der Waals surface area contributed by atoms with E-state index in [1.54, 1.807) is 13.0 Å². The lowest BCUT2D eigenvalue weighted by Crippen LogP contribution is -2.42. The topological polar surface area (TPSA) is 113 Å². The van der Waals surface area contributed by atoms with Crippen LogP contribution < -0.4 is 10.0 Å². The monoisotopic (exact) mass is 376 g/mol. The van der Waals surface area contributed by atoms with Crippen LogP contribution in [0.3, 0.4) is 0 Å². The van der Waals surface area contributed by atoms with E-state index in [4.69, 9.17) is 0 Å². The molecule has 1 saturated heterocycles. The maximum Gasteiger partial charge on any atom is 0.240 e. The van der Waals surface area contributed by atoms with Gasteiger partial charge in [-0.15, -0.1) is 0 Å². The van der Waals surface area contributed by atoms with E-state index in [9.17, 15) is 21.9 Å². The number of nitrogens with one attached hydrogen (secondary N) is 2. The highest BCUT2D eigenvalue weighted by Gasteiger charge is 2.35. The van der Waals surface area contributed by atoms with Gasteiger partial charge in [-0.2, -0.15) is 0 Å². The SMILES string of the molecule is Cc1cc(C)c(S(=O)(=O)NCCN[C@H]2CS(=O)(=O)C[C@@H]2O)cc1C. The number of aryl methyl sites for hydroxylation is 3. The lowest BCUT2D eigenvalue weighted by atomic mass is 10.1. The first kappa shape index (κ1) is 19.3. The van der Waals surface area contributed by atoms with Gasteiger partial charge in [0.05, 0.1) is 22.5 Å². The molecule has 0 aromatic heterocycles. The minimum absolute atomic E-state index is 0.109. The number of aliphatic hydroxyl groups is 1. The molecule has 2 rings (SSSR count). The smallest absolute Gasteiger partial charge is 0.240 e. The summed E-state index contributed by atoms with van der Waals surface area (Å²) >= 11 is 0. The Kier molecular flexibility index (Phi) is 5.71. The Morgan fingerprint density at radius 3 is 2.29 bits per heavy atom. The van der Waals surface area contributed by atoms with Crippen molar-refractivity contribution >= 4 is 19.9 Å². The number of rotatable bonds is 6. The molecule has 0 saturated carbocycles. The first-order valence-electron chi connectivity index (χ1n) is 7.71. The summed E-state index contributed by atoms with van der Waals surface area (Å²) in [5, 5.41) is 12.6. The molecule has 2 atom stereocenters. The Hall–Kier alpha value is -1.00. The van der Waals surface area contributed by atoms with E-state index >= 15 is 0 Å². The summed E-state index contributed by atoms with van der Waals surface area (Å²) < 4.78 is 50.1. The fraction of sp³-hybridized carbons (Fsp3) is 0.600. The molecule has 7 nitrogen and oxygen atoms in total. The van der Waals surface area contributed by atoms with Gasteiger partial charge in [-0.3, -0.25) is 0 Å². The zero-order valence-corrected chi connectivity index (χ0v) is 15.7. The standard InChI is InChI=1S/C15H24N2O5S2/c1-10-6-12(3)15(7-11(10)2)24(21,22)17-5-4-16-13-8-23(19,20)9-14(13)18/h6-7,13-14,16-18H,4-5,8-9H2,1-3H3/t13-,14-/m0/s1. The van der Waals surface area contributed by atoms with Crippen molar-refractivity contribution in [3.05, 3.63) is 28.8 Å². The van der Waals surface area contributed by atoms with Gasteiger partial charge in [-0.1, -0.05) is 6.07 Å². The molecule has 1 aliphatic heterocycles. The molecule has 0 amide bonds. The molecule has 1 aromatic carbocycles. The second kappa shape index (κ2) is 7.09. The molecule has 3 N–H and O–H groups in total. The summed E-state index contributed by atoms with van der Waals surface area (Å²) in [6, 6.07) is 2.93. The zero-order valence-electron chi connectivity index (χ0n) is 14.0. The number of hydrogen-bond donors (Lipinski definition) is 3. The molecular formula is C15H24N2O5S2. The van der Waals surface area contributed by atoms with Crippen molar-refractivity contribution in [2.45, 2.75) is 37.8 Å². The first-order chi connectivity index (χ1) is 11.0. The van der Waals surface area contributed by atoms with E-state index in [-0.39, 0.29) is 29.5 Å². The molecule has 1 fully saturated rings. The molecular weight excluding hydrogens is 352 g/mol. The number of benzene rings is 1. The summed E-state index contributed by atoms with van der Waals surface area (Å²) in [7, 11) is -6.85. The summed E-state index contributed by atoms with van der Waals surface area (Å²) in [5.74, 6) is -0.380. The van der Waals surface area contributed by atoms with Crippen molar-refractivity contribution in [1.29, 1.82) is 0 Å². The normalized spacial score (nSPS) is 23.5. The van der Waals surface area contributed by atoms with Gasteiger partial charge in [-0.05, 0) is 43.5 Å². The number of sulfone groups is 1. The predicted octanol–water partition coefficient (Wildman–Crippen LogP) is -0.362. The van der Waals surface area contributed by atoms with Gasteiger partial charge < -0.3 is 10.4 Å². The van der Waals surface area contributed by atoms with Crippen LogP contribution in [0.1, 0.15) is 16.7 Å². The molecule has 136 valence electrons. The number of aliphatic hydroxyl groups excluding tert-OH is 1. The van der Waals surface area contributed by atoms with Gasteiger partial charge in [-0.25, -0.2) is 21.6 Å². The van der Waals surface area contributed by atoms with Gasteiger partial charge in [0.15, 0.2) is 9.84 Å². The van der Waals surface area contributed by atoms with E-state index in [1.165, 1.54) is 0 Å². The van der Waals surface area contributed by atoms with Gasteiger partial charge >= 0.3 is 0 Å². The maximum absolute atomic E-state index is 12.4. The van der Waals surface area contributed by atoms with Crippen LogP contribution in [0.15, 0.2) is 17.0 Å². The van der Waals surface area contributed by atoms with Crippen LogP contribution in [-0.2, 0) is 19.9 Å². The average molecular weight is 377 g/mol. The predicted molar refractivity (Wildman–Crippen MR) is 92.3 cm³/mol. The van der Waals surface area contributed by atoms with Gasteiger partial charge in [0, 0.05) is 19.1 Å². The summed E-state index contributed by atoms with van der Waals surface area (Å²) in [6.45, 7) is 5.88. The zero-order chi connectivity index (χ0) is 18.1. The lowest BCUT2D eigenvalue weighted by molar-refractivity contribution is 0.166. The van der Waals surface area contributed by atoms with Crippen LogP contribution in [-0.4, -0.2) is 58.7 Å². The molecule has 9 heteroatoms. The Labute approximate surface area is 143 Å². The van der Waals surface area contributed by atoms with Crippen molar-refractivity contribution in [2.75, 3.05) is 24.6 Å². The van der Waals surface area contributed by atoms with Crippen LogP contribution in [0.2, 0.25) is 0 Å². The third-order valence-corrected chi connectivity index (χ3v) is 7.55. The Morgan fingerprint density at radius 2 is 1.71 bits per heavy atom. The van der Waals surface area contributed by atoms with Crippen LogP contribution in [0.5, 0.6) is 0 Å². The van der Waals surface area contributed by atoms with Gasteiger partial charge in [0.2, 0.25) is 10.0 Å². The highest BCUT2D eigenvalue weighted by atomic mass is 32.2. The minimum atomic E-state index is -3.63. The van der Waals surface area contributed by atoms with Crippen molar-refractivity contribution in [3.63, 3.8) is 0 Å². The average Bonchev–Trinajstić information content (AvgIpc) is 2.71. The molecule has 1 aliphatic rings. The van der Waals surface area contributed by atoms with Crippen molar-refractivity contribution < 1.29 is 21.9 Å². The molecule has 0 radical (unpaired) electrons. The highest BCUT2D eigenvalue weighted by molar-refractivity contribution is 7.91. The van der Waals surface area contributed by atoms with E-state index in [0.29, 0.717) is 5.56 Å². The Balaban J connectivity index is 1.93. The molecule has 0 aliphatic carbocycles. The van der Waals surface area contributed by atoms with Crippen molar-refractivity contribution in [1.82, 2.24) is 10.0 Å². The van der Waals surface area contributed by atoms with E-state index in [1.807, 2.05) is 19.9 Å². The largest absolute Gasteiger partial charge is 0.390 e. The van der Waals surface area contributed by atoms with Crippen LogP contribution in [0, 0.1) is 20.8 Å². The number of hydrogen-bond acceptors (Lipinski definition) is 6. The van der Waals surface area contributed by atoms with Crippen LogP contribution in [0.25, 0.3) is 0 Å². The van der Waals surface area contributed by atoms with Gasteiger partial charge in [0.1, 0.15) is 0 Å². The third-order valence-electron chi connectivity index (χ3n) is 4.23. The lowest BCUT2D eigenvalue weighted by Gasteiger charge is -2.16. The third kappa shape index (κ3) is 4.54.